The van der Waals surface area contributed by atoms with Gasteiger partial charge in [-0.1, -0.05) is 19.9 Å². The average molecular weight is 314 g/mol. The lowest BCUT2D eigenvalue weighted by molar-refractivity contribution is 0.0789. The second kappa shape index (κ2) is 8.64. The van der Waals surface area contributed by atoms with Crippen LogP contribution < -0.4 is 11.5 Å². The summed E-state index contributed by atoms with van der Waals surface area (Å²) in [6, 6.07) is 6.51. The summed E-state index contributed by atoms with van der Waals surface area (Å²) in [6.07, 6.45) is 0.745. The molecule has 0 radical (unpaired) electrons. The molecular weight excluding hydrogens is 290 g/mol. The van der Waals surface area contributed by atoms with Gasteiger partial charge in [0.25, 0.3) is 5.91 Å². The van der Waals surface area contributed by atoms with E-state index in [1.54, 1.807) is 30.1 Å². The van der Waals surface area contributed by atoms with E-state index in [0.717, 1.165) is 6.42 Å². The van der Waals surface area contributed by atoms with Crippen LogP contribution in [0.1, 0.15) is 41.0 Å². The first-order chi connectivity index (χ1) is 9.32. The molecule has 0 heterocycles. The van der Waals surface area contributed by atoms with E-state index < -0.39 is 5.91 Å². The molecule has 0 bridgehead atoms. The van der Waals surface area contributed by atoms with Crippen molar-refractivity contribution in [3.8, 4) is 0 Å². The highest BCUT2D eigenvalue weighted by molar-refractivity contribution is 5.98. The summed E-state index contributed by atoms with van der Waals surface area (Å²) in [5, 5.41) is 0. The highest BCUT2D eigenvalue weighted by atomic mass is 35.5. The molecule has 0 aliphatic heterocycles. The van der Waals surface area contributed by atoms with Gasteiger partial charge in [-0.05, 0) is 30.5 Å². The second-order valence-corrected chi connectivity index (χ2v) is 5.37. The normalized spacial score (nSPS) is 11.7. The lowest BCUT2D eigenvalue weighted by atomic mass is 10.0. The van der Waals surface area contributed by atoms with Crippen LogP contribution >= 0.6 is 12.4 Å². The van der Waals surface area contributed by atoms with Crippen LogP contribution in [0.3, 0.4) is 0 Å². The zero-order valence-electron chi connectivity index (χ0n) is 12.7. The maximum absolute atomic E-state index is 12.2. The molecule has 0 aliphatic rings. The topological polar surface area (TPSA) is 89.4 Å². The van der Waals surface area contributed by atoms with Gasteiger partial charge >= 0.3 is 0 Å². The van der Waals surface area contributed by atoms with E-state index in [1.807, 2.05) is 0 Å². The summed E-state index contributed by atoms with van der Waals surface area (Å²) in [4.78, 5) is 25.0. The predicted octanol–water partition coefficient (Wildman–Crippen LogP) is 1.65. The minimum Gasteiger partial charge on any atom is -0.366 e. The number of rotatable bonds is 6. The van der Waals surface area contributed by atoms with Gasteiger partial charge in [-0.25, -0.2) is 0 Å². The van der Waals surface area contributed by atoms with Crippen molar-refractivity contribution in [1.82, 2.24) is 4.90 Å². The Bertz CT molecular complexity index is 492. The van der Waals surface area contributed by atoms with Crippen molar-refractivity contribution in [2.24, 2.45) is 17.4 Å². The van der Waals surface area contributed by atoms with Crippen LogP contribution in [-0.2, 0) is 0 Å². The van der Waals surface area contributed by atoms with E-state index in [0.29, 0.717) is 23.6 Å². The maximum atomic E-state index is 12.2. The molecule has 1 unspecified atom stereocenters. The Kier molecular flexibility index (Phi) is 7.99. The summed E-state index contributed by atoms with van der Waals surface area (Å²) in [5.74, 6) is -0.287. The van der Waals surface area contributed by atoms with Crippen LogP contribution in [-0.4, -0.2) is 36.3 Å². The fraction of sp³-hybridized carbons (Fsp3) is 0.467. The molecular formula is C15H24ClN3O2. The van der Waals surface area contributed by atoms with Gasteiger partial charge in [0, 0.05) is 30.8 Å². The monoisotopic (exact) mass is 313 g/mol. The SMILES string of the molecule is CC(C)C(N)CCN(C)C(=O)c1cccc(C(N)=O)c1.Cl. The fourth-order valence-corrected chi connectivity index (χ4v) is 1.80. The number of halogens is 1. The third kappa shape index (κ3) is 5.73. The molecule has 0 saturated heterocycles. The molecule has 118 valence electrons. The Balaban J connectivity index is 0.00000400. The van der Waals surface area contributed by atoms with E-state index >= 15 is 0 Å². The van der Waals surface area contributed by atoms with Crippen molar-refractivity contribution in [1.29, 1.82) is 0 Å². The zero-order valence-corrected chi connectivity index (χ0v) is 13.5. The predicted molar refractivity (Wildman–Crippen MR) is 86.6 cm³/mol. The van der Waals surface area contributed by atoms with Gasteiger partial charge in [-0.15, -0.1) is 12.4 Å². The molecule has 1 aromatic rings. The fourth-order valence-electron chi connectivity index (χ4n) is 1.80. The molecule has 21 heavy (non-hydrogen) atoms. The largest absolute Gasteiger partial charge is 0.366 e. The molecule has 1 rings (SSSR count). The number of hydrogen-bond acceptors (Lipinski definition) is 3. The second-order valence-electron chi connectivity index (χ2n) is 5.37. The number of benzene rings is 1. The number of hydrogen-bond donors (Lipinski definition) is 2. The van der Waals surface area contributed by atoms with Crippen LogP contribution in [0.4, 0.5) is 0 Å². The van der Waals surface area contributed by atoms with Gasteiger partial charge < -0.3 is 16.4 Å². The molecule has 0 aromatic heterocycles. The van der Waals surface area contributed by atoms with E-state index in [4.69, 9.17) is 11.5 Å². The van der Waals surface area contributed by atoms with Crippen LogP contribution in [0.15, 0.2) is 24.3 Å². The smallest absolute Gasteiger partial charge is 0.253 e. The van der Waals surface area contributed by atoms with Crippen LogP contribution in [0.25, 0.3) is 0 Å². The van der Waals surface area contributed by atoms with Crippen LogP contribution in [0.2, 0.25) is 0 Å². The summed E-state index contributed by atoms with van der Waals surface area (Å²) < 4.78 is 0. The van der Waals surface area contributed by atoms with Crippen LogP contribution in [0.5, 0.6) is 0 Å². The van der Waals surface area contributed by atoms with E-state index in [1.165, 1.54) is 6.07 Å². The van der Waals surface area contributed by atoms with Crippen LogP contribution in [0, 0.1) is 5.92 Å². The lowest BCUT2D eigenvalue weighted by Crippen LogP contribution is -2.34. The molecule has 4 N–H and O–H groups in total. The molecule has 0 saturated carbocycles. The van der Waals surface area contributed by atoms with Gasteiger partial charge in [0.05, 0.1) is 0 Å². The van der Waals surface area contributed by atoms with Gasteiger partial charge in [0.2, 0.25) is 5.91 Å². The summed E-state index contributed by atoms with van der Waals surface area (Å²) in [5.41, 5.74) is 12.0. The number of carbonyl (C=O) groups is 2. The number of nitrogens with zero attached hydrogens (tertiary/aromatic N) is 1. The Morgan fingerprint density at radius 2 is 1.81 bits per heavy atom. The quantitative estimate of drug-likeness (QED) is 0.837. The Labute approximate surface area is 132 Å². The molecule has 6 heteroatoms. The standard InChI is InChI=1S/C15H23N3O2.ClH/c1-10(2)13(16)7-8-18(3)15(20)12-6-4-5-11(9-12)14(17)19;/h4-6,9-10,13H,7-8,16H2,1-3H3,(H2,17,19);1H. The average Bonchev–Trinajstić information content (AvgIpc) is 2.43. The van der Waals surface area contributed by atoms with Gasteiger partial charge in [-0.3, -0.25) is 9.59 Å². The lowest BCUT2D eigenvalue weighted by Gasteiger charge is -2.21. The maximum Gasteiger partial charge on any atom is 0.253 e. The first-order valence-corrected chi connectivity index (χ1v) is 6.73. The highest BCUT2D eigenvalue weighted by Gasteiger charge is 2.15. The Morgan fingerprint density at radius 3 is 2.33 bits per heavy atom. The first kappa shape index (κ1) is 19.4. The number of nitrogens with two attached hydrogens (primary N) is 2. The summed E-state index contributed by atoms with van der Waals surface area (Å²) in [6.45, 7) is 4.70. The van der Waals surface area contributed by atoms with Crippen molar-refractivity contribution in [3.05, 3.63) is 35.4 Å². The van der Waals surface area contributed by atoms with Crippen molar-refractivity contribution < 1.29 is 9.59 Å². The summed E-state index contributed by atoms with van der Waals surface area (Å²) in [7, 11) is 1.73. The molecule has 2 amide bonds. The van der Waals surface area contributed by atoms with E-state index in [-0.39, 0.29) is 24.4 Å². The number of primary amides is 1. The van der Waals surface area contributed by atoms with Gasteiger partial charge in [0.15, 0.2) is 0 Å². The molecule has 1 atom stereocenters. The van der Waals surface area contributed by atoms with Crippen molar-refractivity contribution in [2.45, 2.75) is 26.3 Å². The third-order valence-corrected chi connectivity index (χ3v) is 3.39. The molecule has 5 nitrogen and oxygen atoms in total. The molecule has 0 aliphatic carbocycles. The molecule has 1 aromatic carbocycles. The zero-order chi connectivity index (χ0) is 15.3. The Morgan fingerprint density at radius 1 is 1.24 bits per heavy atom. The number of carbonyl (C=O) groups excluding carboxylic acids is 2. The van der Waals surface area contributed by atoms with Crippen molar-refractivity contribution in [3.63, 3.8) is 0 Å². The third-order valence-electron chi connectivity index (χ3n) is 3.39. The Hall–Kier alpha value is -1.59. The van der Waals surface area contributed by atoms with Crippen molar-refractivity contribution >= 4 is 24.2 Å². The highest BCUT2D eigenvalue weighted by Crippen LogP contribution is 2.09. The van der Waals surface area contributed by atoms with E-state index in [9.17, 15) is 9.59 Å². The molecule has 0 spiro atoms. The number of amides is 2. The minimum absolute atomic E-state index is 0. The van der Waals surface area contributed by atoms with Gasteiger partial charge in [0.1, 0.15) is 0 Å². The van der Waals surface area contributed by atoms with E-state index in [2.05, 4.69) is 13.8 Å². The van der Waals surface area contributed by atoms with Crippen molar-refractivity contribution in [2.75, 3.05) is 13.6 Å². The summed E-state index contributed by atoms with van der Waals surface area (Å²) >= 11 is 0. The minimum atomic E-state index is -0.538. The first-order valence-electron chi connectivity index (χ1n) is 6.73. The molecule has 0 fully saturated rings. The van der Waals surface area contributed by atoms with Gasteiger partial charge in [-0.2, -0.15) is 0 Å².